The number of benzene rings is 1. The van der Waals surface area contributed by atoms with Crippen molar-refractivity contribution in [3.05, 3.63) is 53.5 Å². The molecule has 0 saturated carbocycles. The Morgan fingerprint density at radius 2 is 2.10 bits per heavy atom. The highest BCUT2D eigenvalue weighted by molar-refractivity contribution is 5.90. The molecule has 1 heterocycles. The first-order chi connectivity index (χ1) is 9.58. The Morgan fingerprint density at radius 3 is 2.80 bits per heavy atom. The quantitative estimate of drug-likeness (QED) is 0.802. The van der Waals surface area contributed by atoms with Crippen LogP contribution in [0.2, 0.25) is 0 Å². The summed E-state index contributed by atoms with van der Waals surface area (Å²) in [6.45, 7) is 4.02. The summed E-state index contributed by atoms with van der Waals surface area (Å²) in [5.74, 6) is 0.428. The highest BCUT2D eigenvalue weighted by atomic mass is 16.4. The number of aliphatic hydroxyl groups excluding tert-OH is 1. The lowest BCUT2D eigenvalue weighted by Crippen LogP contribution is -2.32. The maximum absolute atomic E-state index is 11.8. The van der Waals surface area contributed by atoms with Gasteiger partial charge in [-0.2, -0.15) is 0 Å². The fraction of sp³-hybridized carbons (Fsp3) is 0.267. The molecule has 2 rings (SSSR count). The van der Waals surface area contributed by atoms with E-state index in [-0.39, 0.29) is 12.6 Å². The number of aliphatic hydroxyl groups is 1. The molecule has 1 atom stereocenters. The molecule has 5 heteroatoms. The van der Waals surface area contributed by atoms with Crippen molar-refractivity contribution in [2.75, 3.05) is 11.9 Å². The maximum Gasteiger partial charge on any atom is 0.319 e. The van der Waals surface area contributed by atoms with Crippen LogP contribution in [-0.2, 0) is 0 Å². The predicted octanol–water partition coefficient (Wildman–Crippen LogP) is 2.75. The number of carbonyl (C=O) groups is 1. The minimum atomic E-state index is -0.852. The summed E-state index contributed by atoms with van der Waals surface area (Å²) >= 11 is 0. The maximum atomic E-state index is 11.8. The molecule has 20 heavy (non-hydrogen) atoms. The third kappa shape index (κ3) is 3.39. The molecule has 0 spiro atoms. The Labute approximate surface area is 117 Å². The van der Waals surface area contributed by atoms with Crippen LogP contribution in [0.3, 0.4) is 0 Å². The Bertz CT molecular complexity index is 579. The SMILES string of the molecule is Cc1cccc(NC(=O)NCC(O)c2ccco2)c1C. The second kappa shape index (κ2) is 6.25. The van der Waals surface area contributed by atoms with Crippen LogP contribution < -0.4 is 10.6 Å². The van der Waals surface area contributed by atoms with Gasteiger partial charge in [-0.05, 0) is 43.2 Å². The topological polar surface area (TPSA) is 74.5 Å². The molecular weight excluding hydrogens is 256 g/mol. The minimum absolute atomic E-state index is 0.0875. The summed E-state index contributed by atoms with van der Waals surface area (Å²) in [5.41, 5.74) is 2.89. The van der Waals surface area contributed by atoms with Gasteiger partial charge in [-0.25, -0.2) is 4.79 Å². The largest absolute Gasteiger partial charge is 0.467 e. The van der Waals surface area contributed by atoms with Crippen LogP contribution >= 0.6 is 0 Å². The van der Waals surface area contributed by atoms with Crippen LogP contribution in [0.15, 0.2) is 41.0 Å². The van der Waals surface area contributed by atoms with E-state index in [9.17, 15) is 9.90 Å². The van der Waals surface area contributed by atoms with Crippen LogP contribution in [0.4, 0.5) is 10.5 Å². The monoisotopic (exact) mass is 274 g/mol. The van der Waals surface area contributed by atoms with Gasteiger partial charge in [-0.15, -0.1) is 0 Å². The molecular formula is C15H18N2O3. The summed E-state index contributed by atoms with van der Waals surface area (Å²) < 4.78 is 5.06. The number of nitrogens with one attached hydrogen (secondary N) is 2. The molecule has 1 unspecified atom stereocenters. The van der Waals surface area contributed by atoms with Crippen molar-refractivity contribution in [1.82, 2.24) is 5.32 Å². The molecule has 106 valence electrons. The molecule has 2 aromatic rings. The number of carbonyl (C=O) groups excluding carboxylic acids is 1. The Balaban J connectivity index is 1.88. The average Bonchev–Trinajstić information content (AvgIpc) is 2.95. The lowest BCUT2D eigenvalue weighted by Gasteiger charge is -2.13. The first-order valence-corrected chi connectivity index (χ1v) is 6.40. The van der Waals surface area contributed by atoms with Gasteiger partial charge >= 0.3 is 6.03 Å². The third-order valence-electron chi connectivity index (χ3n) is 3.18. The van der Waals surface area contributed by atoms with Crippen LogP contribution in [0.1, 0.15) is 23.0 Å². The third-order valence-corrected chi connectivity index (χ3v) is 3.18. The normalized spacial score (nSPS) is 11.9. The van der Waals surface area contributed by atoms with Gasteiger partial charge in [0.1, 0.15) is 11.9 Å². The number of aryl methyl sites for hydroxylation is 1. The zero-order valence-corrected chi connectivity index (χ0v) is 11.5. The van der Waals surface area contributed by atoms with Crippen molar-refractivity contribution in [3.8, 4) is 0 Å². The van der Waals surface area contributed by atoms with E-state index in [1.54, 1.807) is 12.1 Å². The fourth-order valence-electron chi connectivity index (χ4n) is 1.82. The first-order valence-electron chi connectivity index (χ1n) is 6.40. The molecule has 0 saturated heterocycles. The summed E-state index contributed by atoms with van der Waals surface area (Å²) in [5, 5.41) is 15.2. The van der Waals surface area contributed by atoms with Crippen LogP contribution in [0, 0.1) is 13.8 Å². The van der Waals surface area contributed by atoms with E-state index < -0.39 is 6.10 Å². The molecule has 0 bridgehead atoms. The second-order valence-corrected chi connectivity index (χ2v) is 4.61. The van der Waals surface area contributed by atoms with E-state index in [0.717, 1.165) is 16.8 Å². The summed E-state index contributed by atoms with van der Waals surface area (Å²) in [4.78, 5) is 11.8. The van der Waals surface area contributed by atoms with E-state index in [2.05, 4.69) is 10.6 Å². The number of anilines is 1. The van der Waals surface area contributed by atoms with Crippen molar-refractivity contribution < 1.29 is 14.3 Å². The minimum Gasteiger partial charge on any atom is -0.467 e. The Kier molecular flexibility index (Phi) is 4.42. The lowest BCUT2D eigenvalue weighted by atomic mass is 10.1. The fourth-order valence-corrected chi connectivity index (χ4v) is 1.82. The van der Waals surface area contributed by atoms with Gasteiger partial charge < -0.3 is 20.2 Å². The average molecular weight is 274 g/mol. The van der Waals surface area contributed by atoms with E-state index in [1.165, 1.54) is 6.26 Å². The first kappa shape index (κ1) is 14.1. The van der Waals surface area contributed by atoms with Gasteiger partial charge in [0.25, 0.3) is 0 Å². The standard InChI is InChI=1S/C15H18N2O3/c1-10-5-3-6-12(11(10)2)17-15(19)16-9-13(18)14-7-4-8-20-14/h3-8,13,18H,9H2,1-2H3,(H2,16,17,19). The highest BCUT2D eigenvalue weighted by Crippen LogP contribution is 2.17. The molecule has 0 aliphatic rings. The molecule has 5 nitrogen and oxygen atoms in total. The van der Waals surface area contributed by atoms with Crippen LogP contribution in [-0.4, -0.2) is 17.7 Å². The van der Waals surface area contributed by atoms with Crippen molar-refractivity contribution in [3.63, 3.8) is 0 Å². The number of rotatable bonds is 4. The molecule has 0 radical (unpaired) electrons. The zero-order chi connectivity index (χ0) is 14.5. The van der Waals surface area contributed by atoms with Gasteiger partial charge in [0.2, 0.25) is 0 Å². The second-order valence-electron chi connectivity index (χ2n) is 4.61. The van der Waals surface area contributed by atoms with Crippen molar-refractivity contribution in [2.24, 2.45) is 0 Å². The molecule has 3 N–H and O–H groups in total. The molecule has 0 fully saturated rings. The summed E-state index contributed by atoms with van der Waals surface area (Å²) in [7, 11) is 0. The molecule has 1 aromatic carbocycles. The molecule has 0 aliphatic heterocycles. The number of amides is 2. The predicted molar refractivity (Wildman–Crippen MR) is 76.6 cm³/mol. The number of hydrogen-bond acceptors (Lipinski definition) is 3. The van der Waals surface area contributed by atoms with Gasteiger partial charge in [0.15, 0.2) is 0 Å². The highest BCUT2D eigenvalue weighted by Gasteiger charge is 2.12. The zero-order valence-electron chi connectivity index (χ0n) is 11.5. The van der Waals surface area contributed by atoms with E-state index >= 15 is 0 Å². The van der Waals surface area contributed by atoms with E-state index in [4.69, 9.17) is 4.42 Å². The van der Waals surface area contributed by atoms with Crippen LogP contribution in [0.5, 0.6) is 0 Å². The van der Waals surface area contributed by atoms with Gasteiger partial charge in [0, 0.05) is 5.69 Å². The van der Waals surface area contributed by atoms with Crippen molar-refractivity contribution in [1.29, 1.82) is 0 Å². The van der Waals surface area contributed by atoms with Gasteiger partial charge in [-0.1, -0.05) is 12.1 Å². The Hall–Kier alpha value is -2.27. The van der Waals surface area contributed by atoms with E-state index in [0.29, 0.717) is 5.76 Å². The smallest absolute Gasteiger partial charge is 0.319 e. The van der Waals surface area contributed by atoms with Crippen molar-refractivity contribution >= 4 is 11.7 Å². The van der Waals surface area contributed by atoms with Gasteiger partial charge in [-0.3, -0.25) is 0 Å². The van der Waals surface area contributed by atoms with Crippen molar-refractivity contribution in [2.45, 2.75) is 20.0 Å². The van der Waals surface area contributed by atoms with E-state index in [1.807, 2.05) is 32.0 Å². The number of urea groups is 1. The number of furan rings is 1. The molecule has 1 aromatic heterocycles. The molecule has 0 aliphatic carbocycles. The summed E-state index contributed by atoms with van der Waals surface area (Å²) in [6, 6.07) is 8.70. The van der Waals surface area contributed by atoms with Crippen LogP contribution in [0.25, 0.3) is 0 Å². The number of hydrogen-bond donors (Lipinski definition) is 3. The molecule has 2 amide bonds. The van der Waals surface area contributed by atoms with Gasteiger partial charge in [0.05, 0.1) is 12.8 Å². The Morgan fingerprint density at radius 1 is 1.30 bits per heavy atom. The lowest BCUT2D eigenvalue weighted by molar-refractivity contribution is 0.149. The summed E-state index contributed by atoms with van der Waals surface area (Å²) in [6.07, 6.45) is 0.628.